The van der Waals surface area contributed by atoms with Crippen molar-refractivity contribution in [3.05, 3.63) is 205 Å². The molecule has 17 heteroatoms. The number of aromatic nitrogens is 6. The number of hydrogen-bond donors (Lipinski definition) is 3. The molecule has 12 rings (SSSR count). The van der Waals surface area contributed by atoms with Gasteiger partial charge in [0.25, 0.3) is 31.9 Å². The van der Waals surface area contributed by atoms with Crippen molar-refractivity contribution >= 4 is 86.7 Å². The number of benzene rings is 4. The van der Waals surface area contributed by atoms with E-state index in [1.54, 1.807) is 24.7 Å². The summed E-state index contributed by atoms with van der Waals surface area (Å²) in [7, 11) is -2.68. The van der Waals surface area contributed by atoms with E-state index in [0.717, 1.165) is 27.5 Å². The second-order valence-corrected chi connectivity index (χ2v) is 24.3. The lowest BCUT2D eigenvalue weighted by Crippen LogP contribution is -2.66. The number of carbonyl (C=O) groups is 4. The van der Waals surface area contributed by atoms with Crippen molar-refractivity contribution in [1.82, 2.24) is 39.7 Å². The summed E-state index contributed by atoms with van der Waals surface area (Å²) in [4.78, 5) is 69.8. The Bertz CT molecular complexity index is 3930. The molecule has 10 aromatic rings. The Hall–Kier alpha value is -9.42. The Morgan fingerprint density at radius 3 is 1.34 bits per heavy atom. The van der Waals surface area contributed by atoms with E-state index in [0.29, 0.717) is 61.1 Å². The molecule has 0 saturated heterocycles. The average Bonchev–Trinajstić information content (AvgIpc) is 4.36. The number of nitrogens with one attached hydrogen (secondary N) is 2. The van der Waals surface area contributed by atoms with Crippen molar-refractivity contribution in [1.29, 1.82) is 0 Å². The molecule has 4 aromatic carbocycles. The van der Waals surface area contributed by atoms with Gasteiger partial charge in [0.05, 0.1) is 34.7 Å². The number of oxazole rings is 2. The van der Waals surface area contributed by atoms with Gasteiger partial charge in [-0.3, -0.25) is 29.8 Å². The zero-order chi connectivity index (χ0) is 54.7. The minimum absolute atomic E-state index is 0. The van der Waals surface area contributed by atoms with Gasteiger partial charge in [-0.25, -0.2) is 19.9 Å². The van der Waals surface area contributed by atoms with Gasteiger partial charge < -0.3 is 27.5 Å². The Labute approximate surface area is 462 Å². The molecule has 3 N–H and O–H groups in total. The number of fused-ring (bicyclic) bond motifs is 2. The third kappa shape index (κ3) is 10.2. The molecule has 0 fully saturated rings. The predicted octanol–water partition coefficient (Wildman–Crippen LogP) is 9.50. The van der Waals surface area contributed by atoms with E-state index < -0.39 is 31.9 Å². The van der Waals surface area contributed by atoms with Crippen molar-refractivity contribution < 1.29 is 37.5 Å². The van der Waals surface area contributed by atoms with Crippen LogP contribution in [0, 0.1) is 0 Å². The first kappa shape index (κ1) is 54.0. The highest BCUT2D eigenvalue weighted by Gasteiger charge is 2.50. The first-order valence-corrected chi connectivity index (χ1v) is 27.8. The summed E-state index contributed by atoms with van der Waals surface area (Å²) in [5.41, 5.74) is 4.91. The van der Waals surface area contributed by atoms with Crippen LogP contribution >= 0.6 is 0 Å². The summed E-state index contributed by atoms with van der Waals surface area (Å²) in [6, 6.07) is 47.3. The van der Waals surface area contributed by atoms with E-state index in [-0.39, 0.29) is 52.9 Å². The zero-order valence-corrected chi connectivity index (χ0v) is 44.6. The fourth-order valence-electron chi connectivity index (χ4n) is 10.5. The van der Waals surface area contributed by atoms with Crippen LogP contribution in [0.15, 0.2) is 192 Å². The lowest BCUT2D eigenvalue weighted by molar-refractivity contribution is -0.124. The fourth-order valence-corrected chi connectivity index (χ4v) is 15.2. The van der Waals surface area contributed by atoms with Gasteiger partial charge in [0.2, 0.25) is 11.8 Å². The first-order chi connectivity index (χ1) is 38.4. The summed E-state index contributed by atoms with van der Waals surface area (Å²) < 4.78 is 22.9. The number of aliphatic hydroxyl groups is 1. The maximum Gasteiger partial charge on any atom is 0.262 e. The molecule has 0 aliphatic carbocycles. The van der Waals surface area contributed by atoms with Gasteiger partial charge in [0, 0.05) is 84.1 Å². The van der Waals surface area contributed by atoms with Crippen molar-refractivity contribution in [2.75, 3.05) is 13.2 Å². The summed E-state index contributed by atoms with van der Waals surface area (Å²) in [6.07, 6.45) is 11.3. The average molecular weight is 1080 g/mol. The molecular weight excluding hydrogens is 1020 g/mol. The summed E-state index contributed by atoms with van der Waals surface area (Å²) in [6.45, 7) is 8.51. The standard InChI is InChI=1S/C39H36N4O4Si.C23H18N4O4.CH4/c1-39(2,3)48(28-17-9-5-10-18-28,29-19-11-6-12-20-29)46-24-14-23-43-26-31(30-21-13-22-40-35(30)43)33-34(37(45)42-36(33)44)32-25-41-38(47-32)27-15-7-4-8-16-27;28-11-5-10-27-13-16(15-8-4-9-24-20(15)27)18-19(22(30)26-21(18)29)17-12-25-23(31-17)14-6-2-1-3-7-14;/h4-13,15-22,25-26H,14,23-24H2,1-3H3,(H,42,44,45);1-4,6-9,12-13,28H,5,10-11H2,(H,26,29,30);1H4. The molecule has 402 valence electrons. The highest BCUT2D eigenvalue weighted by molar-refractivity contribution is 6.99. The van der Waals surface area contributed by atoms with E-state index >= 15 is 0 Å². The normalized spacial score (nSPS) is 13.7. The van der Waals surface area contributed by atoms with Crippen molar-refractivity contribution in [2.24, 2.45) is 0 Å². The van der Waals surface area contributed by atoms with Gasteiger partial charge in [-0.2, -0.15) is 0 Å². The van der Waals surface area contributed by atoms with Crippen LogP contribution in [0.4, 0.5) is 0 Å². The second kappa shape index (κ2) is 22.9. The zero-order valence-electron chi connectivity index (χ0n) is 43.6. The Morgan fingerprint density at radius 1 is 0.525 bits per heavy atom. The van der Waals surface area contributed by atoms with Gasteiger partial charge in [-0.05, 0) is 76.8 Å². The van der Waals surface area contributed by atoms with E-state index in [9.17, 15) is 24.3 Å². The molecule has 0 bridgehead atoms. The summed E-state index contributed by atoms with van der Waals surface area (Å²) in [5, 5.41) is 17.9. The maximum atomic E-state index is 13.3. The van der Waals surface area contributed by atoms with E-state index in [4.69, 9.17) is 13.3 Å². The highest BCUT2D eigenvalue weighted by atomic mass is 28.4. The molecular formula is C63H58N8O8Si. The van der Waals surface area contributed by atoms with Gasteiger partial charge in [0.15, 0.2) is 11.5 Å². The quantitative estimate of drug-likeness (QED) is 0.0470. The van der Waals surface area contributed by atoms with Crippen molar-refractivity contribution in [2.45, 2.75) is 59.2 Å². The number of hydrogen-bond acceptors (Lipinski definition) is 12. The molecule has 0 radical (unpaired) electrons. The monoisotopic (exact) mass is 1080 g/mol. The van der Waals surface area contributed by atoms with Crippen LogP contribution in [0.25, 0.3) is 67.3 Å². The smallest absolute Gasteiger partial charge is 0.262 e. The van der Waals surface area contributed by atoms with Gasteiger partial charge in [0.1, 0.15) is 11.3 Å². The minimum atomic E-state index is -2.68. The SMILES string of the molecule is C.CC(C)(C)[Si](OCCCn1cc(C2=C(c3cnc(-c4ccccc4)o3)C(=O)NC2=O)c2cccnc21)(c1ccccc1)c1ccccc1.O=C1NC(=O)C(c2cn(CCCO)c3ncccc23)=C1c1cnc(-c2ccccc2)o1. The number of aryl methyl sites for hydroxylation is 2. The lowest BCUT2D eigenvalue weighted by atomic mass is 10.0. The molecule has 8 heterocycles. The number of amides is 4. The number of nitrogens with zero attached hydrogens (tertiary/aromatic N) is 6. The van der Waals surface area contributed by atoms with Crippen LogP contribution in [-0.4, -0.2) is 79.3 Å². The van der Waals surface area contributed by atoms with E-state index in [1.165, 1.54) is 22.8 Å². The first-order valence-electron chi connectivity index (χ1n) is 25.9. The molecule has 0 saturated carbocycles. The van der Waals surface area contributed by atoms with Crippen LogP contribution in [0.5, 0.6) is 0 Å². The van der Waals surface area contributed by atoms with Crippen LogP contribution < -0.4 is 21.0 Å². The Balaban J connectivity index is 0.000000194. The largest absolute Gasteiger partial charge is 0.436 e. The molecule has 80 heavy (non-hydrogen) atoms. The number of imide groups is 2. The summed E-state index contributed by atoms with van der Waals surface area (Å²) in [5.74, 6) is -0.845. The minimum Gasteiger partial charge on any atom is -0.436 e. The Kier molecular flexibility index (Phi) is 15.4. The van der Waals surface area contributed by atoms with Gasteiger partial charge in [-0.1, -0.05) is 125 Å². The van der Waals surface area contributed by atoms with Crippen molar-refractivity contribution in [3.8, 4) is 22.9 Å². The third-order valence-electron chi connectivity index (χ3n) is 14.1. The molecule has 6 aromatic heterocycles. The predicted molar refractivity (Wildman–Crippen MR) is 310 cm³/mol. The lowest BCUT2D eigenvalue weighted by Gasteiger charge is -2.43. The maximum absolute atomic E-state index is 13.3. The number of carbonyl (C=O) groups excluding carboxylic acids is 4. The van der Waals surface area contributed by atoms with Crippen LogP contribution in [-0.2, 0) is 36.7 Å². The number of pyridine rings is 2. The number of aliphatic hydroxyl groups excluding tert-OH is 1. The Morgan fingerprint density at radius 2 is 0.925 bits per heavy atom. The highest BCUT2D eigenvalue weighted by Crippen LogP contribution is 2.40. The summed E-state index contributed by atoms with van der Waals surface area (Å²) >= 11 is 0. The van der Waals surface area contributed by atoms with Crippen LogP contribution in [0.3, 0.4) is 0 Å². The van der Waals surface area contributed by atoms with Crippen LogP contribution in [0.2, 0.25) is 5.04 Å². The molecule has 4 amide bonds. The number of rotatable bonds is 16. The molecule has 0 spiro atoms. The fraction of sp³-hybridized carbons (Fsp3) is 0.175. The molecule has 2 aliphatic heterocycles. The second-order valence-electron chi connectivity index (χ2n) is 20.0. The van der Waals surface area contributed by atoms with E-state index in [1.807, 2.05) is 106 Å². The van der Waals surface area contributed by atoms with Gasteiger partial charge in [-0.15, -0.1) is 0 Å². The molecule has 0 unspecified atom stereocenters. The molecule has 16 nitrogen and oxygen atoms in total. The topological polar surface area (TPSA) is 209 Å². The van der Waals surface area contributed by atoms with E-state index in [2.05, 4.69) is 99.9 Å². The van der Waals surface area contributed by atoms with Gasteiger partial charge >= 0.3 is 0 Å². The third-order valence-corrected chi connectivity index (χ3v) is 19.1. The molecule has 2 aliphatic rings. The van der Waals surface area contributed by atoms with Crippen LogP contribution in [0.1, 0.15) is 63.7 Å². The molecule has 0 atom stereocenters. The van der Waals surface area contributed by atoms with Crippen molar-refractivity contribution in [3.63, 3.8) is 0 Å².